The topological polar surface area (TPSA) is 100 Å². The van der Waals surface area contributed by atoms with E-state index in [0.717, 1.165) is 12.8 Å². The van der Waals surface area contributed by atoms with Gasteiger partial charge < -0.3 is 9.26 Å². The first-order chi connectivity index (χ1) is 12.7. The van der Waals surface area contributed by atoms with Gasteiger partial charge in [0.15, 0.2) is 5.76 Å². The van der Waals surface area contributed by atoms with Gasteiger partial charge in [-0.3, -0.25) is 4.79 Å². The van der Waals surface area contributed by atoms with Crippen LogP contribution in [0.25, 0.3) is 5.69 Å². The summed E-state index contributed by atoms with van der Waals surface area (Å²) < 4.78 is 11.9. The van der Waals surface area contributed by atoms with Crippen molar-refractivity contribution in [2.45, 2.75) is 25.7 Å². The van der Waals surface area contributed by atoms with Crippen LogP contribution in [0.4, 0.5) is 0 Å². The Morgan fingerprint density at radius 3 is 2.81 bits per heavy atom. The Hall–Kier alpha value is -3.29. The molecule has 0 aliphatic heterocycles. The fraction of sp³-hybridized carbons (Fsp3) is 0.278. The van der Waals surface area contributed by atoms with E-state index < -0.39 is 5.97 Å². The number of ether oxygens (including phenoxy) is 1. The first kappa shape index (κ1) is 16.2. The van der Waals surface area contributed by atoms with Crippen LogP contribution in [0.3, 0.4) is 0 Å². The van der Waals surface area contributed by atoms with E-state index in [0.29, 0.717) is 17.0 Å². The Kier molecular flexibility index (Phi) is 4.08. The molecule has 2 aromatic heterocycles. The third-order valence-corrected chi connectivity index (χ3v) is 4.18. The van der Waals surface area contributed by atoms with E-state index in [2.05, 4.69) is 15.2 Å². The number of hydrogen-bond acceptors (Lipinski definition) is 7. The maximum Gasteiger partial charge on any atom is 0.361 e. The highest BCUT2D eigenvalue weighted by Gasteiger charge is 2.38. The number of rotatable bonds is 6. The van der Waals surface area contributed by atoms with Gasteiger partial charge >= 0.3 is 5.97 Å². The van der Waals surface area contributed by atoms with Crippen molar-refractivity contribution < 1.29 is 18.8 Å². The number of benzene rings is 1. The zero-order chi connectivity index (χ0) is 18.1. The molecule has 8 nitrogen and oxygen atoms in total. The molecular formula is C18H16N4O4. The molecule has 0 spiro atoms. The van der Waals surface area contributed by atoms with Crippen molar-refractivity contribution in [3.63, 3.8) is 0 Å². The Bertz CT molecular complexity index is 957. The van der Waals surface area contributed by atoms with Crippen LogP contribution in [0.5, 0.6) is 0 Å². The number of nitrogens with zero attached hydrogens (tertiary/aromatic N) is 4. The first-order valence-electron chi connectivity index (χ1n) is 8.36. The lowest BCUT2D eigenvalue weighted by atomic mass is 9.98. The summed E-state index contributed by atoms with van der Waals surface area (Å²) in [5, 5.41) is 7.92. The summed E-state index contributed by atoms with van der Waals surface area (Å²) in [5.74, 6) is -0.443. The summed E-state index contributed by atoms with van der Waals surface area (Å²) in [5.41, 5.74) is 1.05. The number of ketones is 1. The van der Waals surface area contributed by atoms with Crippen LogP contribution in [0.1, 0.15) is 57.9 Å². The van der Waals surface area contributed by atoms with E-state index in [1.54, 1.807) is 31.2 Å². The second kappa shape index (κ2) is 6.55. The molecule has 0 saturated heterocycles. The molecule has 3 aromatic rings. The van der Waals surface area contributed by atoms with Crippen molar-refractivity contribution in [3.05, 3.63) is 59.5 Å². The third-order valence-electron chi connectivity index (χ3n) is 4.18. The molecule has 1 aliphatic carbocycles. The summed E-state index contributed by atoms with van der Waals surface area (Å²) in [7, 11) is 0. The average molecular weight is 352 g/mol. The van der Waals surface area contributed by atoms with Crippen LogP contribution < -0.4 is 0 Å². The van der Waals surface area contributed by atoms with E-state index in [-0.39, 0.29) is 29.6 Å². The standard InChI is InChI=1S/C18H16N4O4/c1-2-25-18(24)15-14(17(26-21-15)11-7-8-11)16(23)12-5-3-4-6-13(12)22-10-19-9-20-22/h3-6,9-11H,2,7-8H2,1H3. The van der Waals surface area contributed by atoms with Crippen LogP contribution in [0.15, 0.2) is 41.4 Å². The molecule has 0 bridgehead atoms. The zero-order valence-corrected chi connectivity index (χ0v) is 14.1. The van der Waals surface area contributed by atoms with Gasteiger partial charge in [0.2, 0.25) is 11.5 Å². The fourth-order valence-electron chi connectivity index (χ4n) is 2.82. The molecule has 0 N–H and O–H groups in total. The van der Waals surface area contributed by atoms with E-state index in [1.165, 1.54) is 17.3 Å². The minimum absolute atomic E-state index is 0.0767. The normalized spacial score (nSPS) is 13.6. The first-order valence-corrected chi connectivity index (χ1v) is 8.36. The fourth-order valence-corrected chi connectivity index (χ4v) is 2.82. The molecular weight excluding hydrogens is 336 g/mol. The predicted octanol–water partition coefficient (Wildman–Crippen LogP) is 2.54. The molecule has 0 amide bonds. The third kappa shape index (κ3) is 2.79. The number of hydrogen-bond donors (Lipinski definition) is 0. The van der Waals surface area contributed by atoms with Gasteiger partial charge in [0.05, 0.1) is 12.3 Å². The van der Waals surface area contributed by atoms with Crippen molar-refractivity contribution in [1.82, 2.24) is 19.9 Å². The van der Waals surface area contributed by atoms with Crippen molar-refractivity contribution in [2.75, 3.05) is 6.61 Å². The summed E-state index contributed by atoms with van der Waals surface area (Å²) >= 11 is 0. The van der Waals surface area contributed by atoms with Crippen LogP contribution >= 0.6 is 0 Å². The van der Waals surface area contributed by atoms with Gasteiger partial charge in [-0.25, -0.2) is 14.5 Å². The minimum Gasteiger partial charge on any atom is -0.461 e. The van der Waals surface area contributed by atoms with Crippen LogP contribution in [-0.4, -0.2) is 38.3 Å². The molecule has 8 heteroatoms. The lowest BCUT2D eigenvalue weighted by Gasteiger charge is -2.09. The zero-order valence-electron chi connectivity index (χ0n) is 14.1. The van der Waals surface area contributed by atoms with Crippen LogP contribution in [0.2, 0.25) is 0 Å². The summed E-state index contributed by atoms with van der Waals surface area (Å²) in [6.07, 6.45) is 4.71. The predicted molar refractivity (Wildman–Crippen MR) is 89.2 cm³/mol. The number of carbonyl (C=O) groups excluding carboxylic acids is 2. The molecule has 4 rings (SSSR count). The van der Waals surface area contributed by atoms with Gasteiger partial charge in [-0.2, -0.15) is 5.10 Å². The number of carbonyl (C=O) groups is 2. The van der Waals surface area contributed by atoms with Crippen LogP contribution in [0, 0.1) is 0 Å². The lowest BCUT2D eigenvalue weighted by molar-refractivity contribution is 0.0512. The van der Waals surface area contributed by atoms with Crippen LogP contribution in [-0.2, 0) is 4.74 Å². The molecule has 1 aromatic carbocycles. The minimum atomic E-state index is -0.662. The maximum atomic E-state index is 13.3. The molecule has 1 aliphatic rings. The number of aromatic nitrogens is 4. The molecule has 0 unspecified atom stereocenters. The van der Waals surface area contributed by atoms with E-state index in [4.69, 9.17) is 9.26 Å². The van der Waals surface area contributed by atoms with Crippen molar-refractivity contribution in [2.24, 2.45) is 0 Å². The van der Waals surface area contributed by atoms with Crippen molar-refractivity contribution in [1.29, 1.82) is 0 Å². The lowest BCUT2D eigenvalue weighted by Crippen LogP contribution is -2.15. The molecule has 1 fully saturated rings. The second-order valence-electron chi connectivity index (χ2n) is 5.95. The Labute approximate surface area is 148 Å². The van der Waals surface area contributed by atoms with Gasteiger partial charge in [0, 0.05) is 11.5 Å². The van der Waals surface area contributed by atoms with E-state index >= 15 is 0 Å². The van der Waals surface area contributed by atoms with Crippen molar-refractivity contribution in [3.8, 4) is 5.69 Å². The van der Waals surface area contributed by atoms with E-state index in [1.807, 2.05) is 0 Å². The van der Waals surface area contributed by atoms with E-state index in [9.17, 15) is 9.59 Å². The largest absolute Gasteiger partial charge is 0.461 e. The summed E-state index contributed by atoms with van der Waals surface area (Å²) in [4.78, 5) is 29.5. The molecule has 2 heterocycles. The molecule has 26 heavy (non-hydrogen) atoms. The SMILES string of the molecule is CCOC(=O)c1noc(C2CC2)c1C(=O)c1ccccc1-n1cncn1. The Morgan fingerprint density at radius 2 is 2.12 bits per heavy atom. The van der Waals surface area contributed by atoms with Gasteiger partial charge in [-0.1, -0.05) is 17.3 Å². The molecule has 132 valence electrons. The highest BCUT2D eigenvalue weighted by molar-refractivity contribution is 6.16. The van der Waals surface area contributed by atoms with Crippen molar-refractivity contribution >= 4 is 11.8 Å². The smallest absolute Gasteiger partial charge is 0.361 e. The Balaban J connectivity index is 1.82. The molecule has 0 atom stereocenters. The Morgan fingerprint density at radius 1 is 1.31 bits per heavy atom. The maximum absolute atomic E-state index is 13.3. The quantitative estimate of drug-likeness (QED) is 0.496. The van der Waals surface area contributed by atoms with Gasteiger partial charge in [-0.15, -0.1) is 0 Å². The summed E-state index contributed by atoms with van der Waals surface area (Å²) in [6, 6.07) is 6.99. The monoisotopic (exact) mass is 352 g/mol. The molecule has 1 saturated carbocycles. The number of para-hydroxylation sites is 1. The van der Waals surface area contributed by atoms with Gasteiger partial charge in [0.25, 0.3) is 0 Å². The highest BCUT2D eigenvalue weighted by atomic mass is 16.5. The average Bonchev–Trinajstić information content (AvgIpc) is 3.19. The summed E-state index contributed by atoms with van der Waals surface area (Å²) in [6.45, 7) is 1.88. The highest BCUT2D eigenvalue weighted by Crippen LogP contribution is 2.43. The van der Waals surface area contributed by atoms with Gasteiger partial charge in [-0.05, 0) is 31.9 Å². The van der Waals surface area contributed by atoms with Gasteiger partial charge in [0.1, 0.15) is 18.2 Å². The number of esters is 1. The molecule has 0 radical (unpaired) electrons. The second-order valence-corrected chi connectivity index (χ2v) is 5.95.